The number of nitrogens with zero attached hydrogens (tertiary/aromatic N) is 1. The van der Waals surface area contributed by atoms with Crippen molar-refractivity contribution in [2.75, 3.05) is 12.0 Å². The van der Waals surface area contributed by atoms with Crippen LogP contribution in [0.1, 0.15) is 18.9 Å². The van der Waals surface area contributed by atoms with Gasteiger partial charge in [-0.15, -0.1) is 0 Å². The van der Waals surface area contributed by atoms with Crippen molar-refractivity contribution in [3.8, 4) is 5.75 Å². The van der Waals surface area contributed by atoms with E-state index in [2.05, 4.69) is 17.5 Å². The van der Waals surface area contributed by atoms with Crippen LogP contribution in [0.25, 0.3) is 0 Å². The molecule has 0 aromatic heterocycles. The van der Waals surface area contributed by atoms with Crippen molar-refractivity contribution in [2.45, 2.75) is 13.3 Å². The highest BCUT2D eigenvalue weighted by Crippen LogP contribution is 2.12. The van der Waals surface area contributed by atoms with Crippen molar-refractivity contribution in [3.05, 3.63) is 60.2 Å². The van der Waals surface area contributed by atoms with E-state index >= 15 is 0 Å². The number of para-hydroxylation sites is 1. The molecule has 0 unspecified atom stereocenters. The summed E-state index contributed by atoms with van der Waals surface area (Å²) in [4.78, 5) is 0. The van der Waals surface area contributed by atoms with Crippen LogP contribution in [-0.4, -0.2) is 12.8 Å². The lowest BCUT2D eigenvalue weighted by Crippen LogP contribution is -1.96. The van der Waals surface area contributed by atoms with Gasteiger partial charge in [-0.2, -0.15) is 5.10 Å². The summed E-state index contributed by atoms with van der Waals surface area (Å²) in [5.41, 5.74) is 4.97. The molecule has 0 radical (unpaired) electrons. The molecule has 2 aromatic carbocycles. The number of benzene rings is 2. The number of anilines is 1. The van der Waals surface area contributed by atoms with Crippen molar-refractivity contribution >= 4 is 11.9 Å². The Kier molecular flexibility index (Phi) is 4.99. The lowest BCUT2D eigenvalue weighted by Gasteiger charge is -2.04. The third-order valence-electron chi connectivity index (χ3n) is 2.51. The zero-order valence-corrected chi connectivity index (χ0v) is 11.0. The quantitative estimate of drug-likeness (QED) is 0.626. The van der Waals surface area contributed by atoms with Crippen LogP contribution >= 0.6 is 0 Å². The number of nitrogens with one attached hydrogen (secondary N) is 1. The van der Waals surface area contributed by atoms with Crippen molar-refractivity contribution in [3.63, 3.8) is 0 Å². The molecule has 3 nitrogen and oxygen atoms in total. The van der Waals surface area contributed by atoms with Crippen LogP contribution in [-0.2, 0) is 0 Å². The fraction of sp³-hybridized carbons (Fsp3) is 0.188. The highest BCUT2D eigenvalue weighted by atomic mass is 16.5. The van der Waals surface area contributed by atoms with E-state index in [1.54, 1.807) is 6.21 Å². The van der Waals surface area contributed by atoms with Gasteiger partial charge in [0.1, 0.15) is 5.75 Å². The van der Waals surface area contributed by atoms with Crippen LogP contribution in [0.4, 0.5) is 5.69 Å². The summed E-state index contributed by atoms with van der Waals surface area (Å²) in [6, 6.07) is 17.8. The highest BCUT2D eigenvalue weighted by molar-refractivity contribution is 5.80. The van der Waals surface area contributed by atoms with Gasteiger partial charge < -0.3 is 4.74 Å². The lowest BCUT2D eigenvalue weighted by atomic mass is 10.2. The maximum Gasteiger partial charge on any atom is 0.119 e. The van der Waals surface area contributed by atoms with Gasteiger partial charge in [0.2, 0.25) is 0 Å². The van der Waals surface area contributed by atoms with Crippen LogP contribution in [0.2, 0.25) is 0 Å². The Morgan fingerprint density at radius 3 is 2.74 bits per heavy atom. The zero-order chi connectivity index (χ0) is 13.3. The van der Waals surface area contributed by atoms with Gasteiger partial charge in [0, 0.05) is 0 Å². The van der Waals surface area contributed by atoms with E-state index in [-0.39, 0.29) is 0 Å². The minimum Gasteiger partial charge on any atom is -0.494 e. The summed E-state index contributed by atoms with van der Waals surface area (Å²) in [7, 11) is 0. The molecule has 0 saturated heterocycles. The summed E-state index contributed by atoms with van der Waals surface area (Å²) in [6.45, 7) is 2.83. The molecule has 0 aliphatic heterocycles. The van der Waals surface area contributed by atoms with Crippen molar-refractivity contribution < 1.29 is 4.74 Å². The second-order valence-corrected chi connectivity index (χ2v) is 4.16. The van der Waals surface area contributed by atoms with Gasteiger partial charge in [0.25, 0.3) is 0 Å². The van der Waals surface area contributed by atoms with Crippen LogP contribution in [0, 0.1) is 0 Å². The Balaban J connectivity index is 1.95. The Morgan fingerprint density at radius 2 is 1.95 bits per heavy atom. The maximum absolute atomic E-state index is 5.58. The molecular weight excluding hydrogens is 236 g/mol. The molecule has 19 heavy (non-hydrogen) atoms. The number of hydrogen-bond donors (Lipinski definition) is 1. The van der Waals surface area contributed by atoms with Crippen LogP contribution in [0.3, 0.4) is 0 Å². The predicted molar refractivity (Wildman–Crippen MR) is 79.9 cm³/mol. The van der Waals surface area contributed by atoms with Gasteiger partial charge >= 0.3 is 0 Å². The van der Waals surface area contributed by atoms with Crippen molar-refractivity contribution in [1.82, 2.24) is 0 Å². The van der Waals surface area contributed by atoms with E-state index in [0.717, 1.165) is 30.0 Å². The molecule has 0 aliphatic rings. The van der Waals surface area contributed by atoms with E-state index in [0.29, 0.717) is 0 Å². The molecule has 0 aliphatic carbocycles. The standard InChI is InChI=1S/C16H18N2O/c1-2-11-19-16-10-6-7-14(12-16)13-17-18-15-8-4-3-5-9-15/h3-10,12-13,18H,2,11H2,1H3/b17-13+. The molecule has 0 spiro atoms. The lowest BCUT2D eigenvalue weighted by molar-refractivity contribution is 0.317. The van der Waals surface area contributed by atoms with Gasteiger partial charge in [-0.3, -0.25) is 5.43 Å². The summed E-state index contributed by atoms with van der Waals surface area (Å²) in [6.07, 6.45) is 2.79. The van der Waals surface area contributed by atoms with E-state index in [4.69, 9.17) is 4.74 Å². The molecule has 3 heteroatoms. The minimum atomic E-state index is 0.739. The van der Waals surface area contributed by atoms with Crippen LogP contribution in [0.15, 0.2) is 59.7 Å². The predicted octanol–water partition coefficient (Wildman–Crippen LogP) is 3.92. The first kappa shape index (κ1) is 13.1. The average Bonchev–Trinajstić information content (AvgIpc) is 2.47. The van der Waals surface area contributed by atoms with Crippen molar-refractivity contribution in [2.24, 2.45) is 5.10 Å². The number of ether oxygens (including phenoxy) is 1. The molecular formula is C16H18N2O. The third-order valence-corrected chi connectivity index (χ3v) is 2.51. The molecule has 0 heterocycles. The molecule has 1 N–H and O–H groups in total. The van der Waals surface area contributed by atoms with E-state index in [9.17, 15) is 0 Å². The Bertz CT molecular complexity index is 523. The smallest absolute Gasteiger partial charge is 0.119 e. The second-order valence-electron chi connectivity index (χ2n) is 4.16. The average molecular weight is 254 g/mol. The molecule has 0 bridgehead atoms. The molecule has 0 amide bonds. The number of hydrogen-bond acceptors (Lipinski definition) is 3. The number of hydrazone groups is 1. The summed E-state index contributed by atoms with van der Waals surface area (Å²) in [5.74, 6) is 0.880. The van der Waals surface area contributed by atoms with Gasteiger partial charge in [0.15, 0.2) is 0 Å². The fourth-order valence-electron chi connectivity index (χ4n) is 1.60. The van der Waals surface area contributed by atoms with E-state index < -0.39 is 0 Å². The summed E-state index contributed by atoms with van der Waals surface area (Å²) in [5, 5.41) is 4.20. The molecule has 2 aromatic rings. The molecule has 98 valence electrons. The number of rotatable bonds is 6. The van der Waals surface area contributed by atoms with Gasteiger partial charge in [-0.1, -0.05) is 37.3 Å². The van der Waals surface area contributed by atoms with E-state index in [1.165, 1.54) is 0 Å². The minimum absolute atomic E-state index is 0.739. The summed E-state index contributed by atoms with van der Waals surface area (Å²) >= 11 is 0. The third kappa shape index (κ3) is 4.47. The summed E-state index contributed by atoms with van der Waals surface area (Å²) < 4.78 is 5.58. The first-order valence-electron chi connectivity index (χ1n) is 6.45. The van der Waals surface area contributed by atoms with Gasteiger partial charge in [-0.25, -0.2) is 0 Å². The molecule has 0 fully saturated rings. The van der Waals surface area contributed by atoms with Gasteiger partial charge in [-0.05, 0) is 36.2 Å². The van der Waals surface area contributed by atoms with Crippen molar-refractivity contribution in [1.29, 1.82) is 0 Å². The Labute approximate surface area is 113 Å². The largest absolute Gasteiger partial charge is 0.494 e. The zero-order valence-electron chi connectivity index (χ0n) is 11.0. The molecule has 2 rings (SSSR count). The monoisotopic (exact) mass is 254 g/mol. The van der Waals surface area contributed by atoms with Crippen LogP contribution < -0.4 is 10.2 Å². The molecule has 0 atom stereocenters. The Hall–Kier alpha value is -2.29. The topological polar surface area (TPSA) is 33.6 Å². The maximum atomic E-state index is 5.58. The first-order valence-corrected chi connectivity index (χ1v) is 6.45. The fourth-order valence-corrected chi connectivity index (χ4v) is 1.60. The van der Waals surface area contributed by atoms with Crippen LogP contribution in [0.5, 0.6) is 5.75 Å². The first-order chi connectivity index (χ1) is 9.38. The SMILES string of the molecule is CCCOc1cccc(/C=N/Nc2ccccc2)c1. The molecule has 0 saturated carbocycles. The Morgan fingerprint density at radius 1 is 1.11 bits per heavy atom. The highest BCUT2D eigenvalue weighted by Gasteiger charge is 1.94. The van der Waals surface area contributed by atoms with Gasteiger partial charge in [0.05, 0.1) is 18.5 Å². The second kappa shape index (κ2) is 7.21. The normalized spacial score (nSPS) is 10.6. The van der Waals surface area contributed by atoms with E-state index in [1.807, 2.05) is 54.6 Å².